The van der Waals surface area contributed by atoms with Gasteiger partial charge in [-0.2, -0.15) is 0 Å². The summed E-state index contributed by atoms with van der Waals surface area (Å²) in [5, 5.41) is 6.90. The monoisotopic (exact) mass is 508 g/mol. The molecule has 0 radical (unpaired) electrons. The average Bonchev–Trinajstić information content (AvgIpc) is 3.47. The van der Waals surface area contributed by atoms with E-state index in [1.807, 2.05) is 25.1 Å². The predicted octanol–water partition coefficient (Wildman–Crippen LogP) is 3.17. The van der Waals surface area contributed by atoms with Crippen LogP contribution in [0.15, 0.2) is 60.0 Å². The molecule has 1 fully saturated rings. The zero-order valence-electron chi connectivity index (χ0n) is 19.6. The second kappa shape index (κ2) is 11.0. The van der Waals surface area contributed by atoms with Gasteiger partial charge in [0.15, 0.2) is 10.8 Å². The van der Waals surface area contributed by atoms with Crippen molar-refractivity contribution in [1.82, 2.24) is 15.2 Å². The van der Waals surface area contributed by atoms with Crippen molar-refractivity contribution < 1.29 is 28.7 Å². The first-order valence-electron chi connectivity index (χ1n) is 11.2. The molecule has 1 unspecified atom stereocenters. The number of thiazole rings is 1. The summed E-state index contributed by atoms with van der Waals surface area (Å²) in [6, 6.07) is 13.1. The van der Waals surface area contributed by atoms with Gasteiger partial charge in [-0.1, -0.05) is 42.5 Å². The van der Waals surface area contributed by atoms with E-state index < -0.39 is 35.9 Å². The zero-order valence-corrected chi connectivity index (χ0v) is 20.4. The van der Waals surface area contributed by atoms with E-state index in [-0.39, 0.29) is 17.2 Å². The molecule has 2 N–H and O–H groups in total. The number of hydrogen-bond acceptors (Lipinski definition) is 8. The molecule has 0 bridgehead atoms. The van der Waals surface area contributed by atoms with Crippen molar-refractivity contribution in [2.24, 2.45) is 0 Å². The van der Waals surface area contributed by atoms with Crippen LogP contribution in [0.5, 0.6) is 5.75 Å². The number of benzene rings is 2. The first-order valence-corrected chi connectivity index (χ1v) is 12.0. The van der Waals surface area contributed by atoms with Crippen molar-refractivity contribution in [3.05, 3.63) is 76.8 Å². The number of nitrogens with zero attached hydrogens (tertiary/aromatic N) is 2. The number of ether oxygens (including phenoxy) is 2. The fourth-order valence-corrected chi connectivity index (χ4v) is 4.48. The summed E-state index contributed by atoms with van der Waals surface area (Å²) in [7, 11) is 1.23. The second-order valence-electron chi connectivity index (χ2n) is 7.82. The van der Waals surface area contributed by atoms with E-state index in [2.05, 4.69) is 20.4 Å². The molecule has 11 heteroatoms. The van der Waals surface area contributed by atoms with Gasteiger partial charge in [-0.05, 0) is 30.2 Å². The first-order chi connectivity index (χ1) is 17.4. The van der Waals surface area contributed by atoms with Gasteiger partial charge in [0.1, 0.15) is 17.8 Å². The maximum Gasteiger partial charge on any atom is 0.357 e. The van der Waals surface area contributed by atoms with Gasteiger partial charge in [0.05, 0.1) is 13.7 Å². The highest BCUT2D eigenvalue weighted by atomic mass is 32.1. The van der Waals surface area contributed by atoms with Crippen LogP contribution < -0.4 is 15.4 Å². The molecule has 186 valence electrons. The van der Waals surface area contributed by atoms with E-state index in [0.29, 0.717) is 17.9 Å². The van der Waals surface area contributed by atoms with Crippen molar-refractivity contribution in [2.45, 2.75) is 25.4 Å². The third-order valence-electron chi connectivity index (χ3n) is 5.51. The number of hydrogen-bond donors (Lipinski definition) is 2. The Morgan fingerprint density at radius 2 is 1.86 bits per heavy atom. The number of rotatable bonds is 9. The number of methoxy groups -OCH3 is 1. The Balaban J connectivity index is 1.59. The van der Waals surface area contributed by atoms with Gasteiger partial charge in [-0.25, -0.2) is 19.5 Å². The van der Waals surface area contributed by atoms with Crippen LogP contribution in [0, 0.1) is 0 Å². The summed E-state index contributed by atoms with van der Waals surface area (Å²) >= 11 is 1.03. The molecule has 1 aromatic heterocycles. The minimum absolute atomic E-state index is 0.0444. The van der Waals surface area contributed by atoms with Crippen LogP contribution >= 0.6 is 11.3 Å². The molecular formula is C25H24N4O6S. The number of amides is 4. The molecule has 0 aliphatic carbocycles. The van der Waals surface area contributed by atoms with Crippen LogP contribution in [0.25, 0.3) is 0 Å². The van der Waals surface area contributed by atoms with Crippen molar-refractivity contribution in [1.29, 1.82) is 0 Å². The lowest BCUT2D eigenvalue weighted by Crippen LogP contribution is -2.49. The average molecular weight is 509 g/mol. The number of carbonyl (C=O) groups is 4. The summed E-state index contributed by atoms with van der Waals surface area (Å²) in [6.07, 6.45) is 0.0943. The minimum atomic E-state index is -1.15. The third kappa shape index (κ3) is 5.36. The fraction of sp³-hybridized carbons (Fsp3) is 0.240. The lowest BCUT2D eigenvalue weighted by molar-refractivity contribution is -0.134. The number of imide groups is 1. The normalized spacial score (nSPS) is 15.8. The van der Waals surface area contributed by atoms with Crippen LogP contribution in [0.4, 0.5) is 9.93 Å². The van der Waals surface area contributed by atoms with Crippen LogP contribution in [0.3, 0.4) is 0 Å². The molecule has 4 rings (SSSR count). The van der Waals surface area contributed by atoms with Crippen LogP contribution in [0.1, 0.15) is 34.6 Å². The Kier molecular flexibility index (Phi) is 7.59. The molecule has 3 aromatic rings. The van der Waals surface area contributed by atoms with Crippen LogP contribution in [-0.4, -0.2) is 53.5 Å². The first kappa shape index (κ1) is 24.9. The van der Waals surface area contributed by atoms with Gasteiger partial charge < -0.3 is 20.1 Å². The number of nitrogens with one attached hydrogen (secondary N) is 2. The number of urea groups is 1. The van der Waals surface area contributed by atoms with E-state index in [0.717, 1.165) is 21.8 Å². The number of anilines is 1. The molecule has 2 heterocycles. The number of carbonyl (C=O) groups excluding carboxylic acids is 4. The lowest BCUT2D eigenvalue weighted by atomic mass is 10.0. The molecule has 2 aromatic carbocycles. The van der Waals surface area contributed by atoms with E-state index in [1.54, 1.807) is 36.4 Å². The Bertz CT molecular complexity index is 1260. The Morgan fingerprint density at radius 3 is 2.53 bits per heavy atom. The second-order valence-corrected chi connectivity index (χ2v) is 8.68. The molecule has 0 saturated carbocycles. The summed E-state index contributed by atoms with van der Waals surface area (Å²) in [5.74, 6) is -1.15. The van der Waals surface area contributed by atoms with Crippen LogP contribution in [0.2, 0.25) is 0 Å². The Hall–Kier alpha value is -4.25. The standard InChI is InChI=1S/C25H24N4O6S/c1-3-35-17-11-9-16(10-12-17)20-22(31)29(25(33)27-20)19(13-15-7-5-4-6-8-15)21(30)28-24-26-18(14-36-24)23(32)34-2/h4-12,14,19-20H,3,13H2,1-2H3,(H,27,33)(H,26,28,30)/t19-,20?/m0/s1. The zero-order chi connectivity index (χ0) is 25.7. The van der Waals surface area contributed by atoms with E-state index in [1.165, 1.54) is 12.5 Å². The Labute approximate surface area is 211 Å². The number of esters is 1. The summed E-state index contributed by atoms with van der Waals surface area (Å²) < 4.78 is 10.1. The SMILES string of the molecule is CCOc1ccc(C2NC(=O)N([C@@H](Cc3ccccc3)C(=O)Nc3nc(C(=O)OC)cs3)C2=O)cc1. The summed E-state index contributed by atoms with van der Waals surface area (Å²) in [6.45, 7) is 2.37. The fourth-order valence-electron chi connectivity index (χ4n) is 3.79. The molecule has 2 atom stereocenters. The van der Waals surface area contributed by atoms with Gasteiger partial charge >= 0.3 is 12.0 Å². The smallest absolute Gasteiger partial charge is 0.357 e. The summed E-state index contributed by atoms with van der Waals surface area (Å²) in [4.78, 5) is 56.4. The molecule has 4 amide bonds. The molecule has 1 saturated heterocycles. The highest BCUT2D eigenvalue weighted by molar-refractivity contribution is 7.14. The molecule has 0 spiro atoms. The van der Waals surface area contributed by atoms with Crippen molar-refractivity contribution in [2.75, 3.05) is 19.0 Å². The molecule has 1 aliphatic rings. The largest absolute Gasteiger partial charge is 0.494 e. The van der Waals surface area contributed by atoms with Crippen molar-refractivity contribution in [3.63, 3.8) is 0 Å². The molecular weight excluding hydrogens is 484 g/mol. The number of aromatic nitrogens is 1. The molecule has 10 nitrogen and oxygen atoms in total. The molecule has 1 aliphatic heterocycles. The highest BCUT2D eigenvalue weighted by Crippen LogP contribution is 2.27. The van der Waals surface area contributed by atoms with E-state index in [9.17, 15) is 19.2 Å². The summed E-state index contributed by atoms with van der Waals surface area (Å²) in [5.41, 5.74) is 1.38. The van der Waals surface area contributed by atoms with E-state index in [4.69, 9.17) is 4.74 Å². The third-order valence-corrected chi connectivity index (χ3v) is 6.27. The van der Waals surface area contributed by atoms with Gasteiger partial charge in [0.2, 0.25) is 5.91 Å². The highest BCUT2D eigenvalue weighted by Gasteiger charge is 2.45. The van der Waals surface area contributed by atoms with Crippen molar-refractivity contribution >= 4 is 40.3 Å². The van der Waals surface area contributed by atoms with Crippen molar-refractivity contribution in [3.8, 4) is 5.75 Å². The molecule has 36 heavy (non-hydrogen) atoms. The van der Waals surface area contributed by atoms with Gasteiger partial charge in [-0.3, -0.25) is 9.59 Å². The van der Waals surface area contributed by atoms with Gasteiger partial charge in [0.25, 0.3) is 5.91 Å². The quantitative estimate of drug-likeness (QED) is 0.336. The van der Waals surface area contributed by atoms with Gasteiger partial charge in [-0.15, -0.1) is 11.3 Å². The predicted molar refractivity (Wildman–Crippen MR) is 132 cm³/mol. The van der Waals surface area contributed by atoms with E-state index >= 15 is 0 Å². The van der Waals surface area contributed by atoms with Crippen LogP contribution in [-0.2, 0) is 20.7 Å². The Morgan fingerprint density at radius 1 is 1.14 bits per heavy atom. The minimum Gasteiger partial charge on any atom is -0.494 e. The topological polar surface area (TPSA) is 127 Å². The maximum atomic E-state index is 13.4. The van der Waals surface area contributed by atoms with Gasteiger partial charge in [0, 0.05) is 11.8 Å². The maximum absolute atomic E-state index is 13.4. The lowest BCUT2D eigenvalue weighted by Gasteiger charge is -2.24.